The van der Waals surface area contributed by atoms with Crippen molar-refractivity contribution in [2.24, 2.45) is 0 Å². The van der Waals surface area contributed by atoms with Crippen molar-refractivity contribution in [3.63, 3.8) is 0 Å². The number of aliphatic hydroxyl groups is 1. The van der Waals surface area contributed by atoms with E-state index in [1.165, 1.54) is 0 Å². The molecule has 1 aliphatic heterocycles. The number of nitrogens with zero attached hydrogens (tertiary/aromatic N) is 2. The second kappa shape index (κ2) is 4.17. The van der Waals surface area contributed by atoms with E-state index < -0.39 is 0 Å². The Balaban J connectivity index is 2.11. The molecule has 0 saturated heterocycles. The lowest BCUT2D eigenvalue weighted by Gasteiger charge is -2.20. The third kappa shape index (κ3) is 1.85. The van der Waals surface area contributed by atoms with Crippen molar-refractivity contribution in [1.29, 1.82) is 0 Å². The normalized spacial score (nSPS) is 19.1. The van der Waals surface area contributed by atoms with Gasteiger partial charge in [-0.25, -0.2) is 0 Å². The highest BCUT2D eigenvalue weighted by molar-refractivity contribution is 6.33. The first-order valence-corrected chi connectivity index (χ1v) is 6.11. The van der Waals surface area contributed by atoms with Gasteiger partial charge in [-0.05, 0) is 12.5 Å². The lowest BCUT2D eigenvalue weighted by molar-refractivity contribution is 0.140. The first-order chi connectivity index (χ1) is 8.25. The number of aryl methyl sites for hydroxylation is 1. The van der Waals surface area contributed by atoms with Crippen LogP contribution in [0, 0.1) is 0 Å². The minimum Gasteiger partial charge on any atom is -0.393 e. The second-order valence-corrected chi connectivity index (χ2v) is 4.76. The molecule has 0 bridgehead atoms. The zero-order valence-corrected chi connectivity index (χ0v) is 10.1. The zero-order chi connectivity index (χ0) is 11.8. The number of fused-ring (bicyclic) bond motifs is 1. The second-order valence-electron chi connectivity index (χ2n) is 4.35. The van der Waals surface area contributed by atoms with E-state index in [1.807, 2.05) is 35.1 Å². The van der Waals surface area contributed by atoms with Gasteiger partial charge in [0.05, 0.1) is 12.3 Å². The molecule has 88 valence electrons. The SMILES string of the molecule is OC1CCn2ncc(-c3ccccc3Cl)c2C1. The summed E-state index contributed by atoms with van der Waals surface area (Å²) < 4.78 is 1.96. The Labute approximate surface area is 105 Å². The monoisotopic (exact) mass is 248 g/mol. The smallest absolute Gasteiger partial charge is 0.0613 e. The van der Waals surface area contributed by atoms with E-state index in [4.69, 9.17) is 11.6 Å². The van der Waals surface area contributed by atoms with Gasteiger partial charge in [0.2, 0.25) is 0 Å². The van der Waals surface area contributed by atoms with Gasteiger partial charge in [-0.1, -0.05) is 29.8 Å². The Kier molecular flexibility index (Phi) is 2.65. The minimum absolute atomic E-state index is 0.263. The lowest BCUT2D eigenvalue weighted by atomic mass is 9.99. The van der Waals surface area contributed by atoms with Crippen LogP contribution in [0.4, 0.5) is 0 Å². The van der Waals surface area contributed by atoms with Crippen LogP contribution in [0.25, 0.3) is 11.1 Å². The van der Waals surface area contributed by atoms with E-state index in [0.29, 0.717) is 6.42 Å². The maximum absolute atomic E-state index is 9.74. The van der Waals surface area contributed by atoms with Crippen LogP contribution >= 0.6 is 11.6 Å². The topological polar surface area (TPSA) is 38.0 Å². The number of halogens is 1. The van der Waals surface area contributed by atoms with E-state index in [2.05, 4.69) is 5.10 Å². The summed E-state index contributed by atoms with van der Waals surface area (Å²) in [5.41, 5.74) is 3.11. The Morgan fingerprint density at radius 2 is 2.12 bits per heavy atom. The highest BCUT2D eigenvalue weighted by Crippen LogP contribution is 2.32. The van der Waals surface area contributed by atoms with Crippen LogP contribution in [0.2, 0.25) is 5.02 Å². The highest BCUT2D eigenvalue weighted by Gasteiger charge is 2.21. The van der Waals surface area contributed by atoms with Crippen LogP contribution < -0.4 is 0 Å². The molecule has 1 atom stereocenters. The van der Waals surface area contributed by atoms with E-state index >= 15 is 0 Å². The molecule has 2 aromatic rings. The maximum atomic E-state index is 9.74. The molecule has 17 heavy (non-hydrogen) atoms. The first kappa shape index (κ1) is 10.8. The fourth-order valence-corrected chi connectivity index (χ4v) is 2.56. The summed E-state index contributed by atoms with van der Waals surface area (Å²) in [5, 5.41) is 14.8. The fourth-order valence-electron chi connectivity index (χ4n) is 2.32. The molecule has 4 heteroatoms. The predicted octanol–water partition coefficient (Wildman–Crippen LogP) is 2.51. The highest BCUT2D eigenvalue weighted by atomic mass is 35.5. The summed E-state index contributed by atoms with van der Waals surface area (Å²) in [4.78, 5) is 0. The van der Waals surface area contributed by atoms with E-state index in [9.17, 15) is 5.11 Å². The molecule has 2 heterocycles. The van der Waals surface area contributed by atoms with Gasteiger partial charge >= 0.3 is 0 Å². The molecule has 1 unspecified atom stereocenters. The van der Waals surface area contributed by atoms with Crippen molar-refractivity contribution >= 4 is 11.6 Å². The van der Waals surface area contributed by atoms with Gasteiger partial charge in [0, 0.05) is 34.8 Å². The third-order valence-corrected chi connectivity index (χ3v) is 3.55. The number of benzene rings is 1. The summed E-state index contributed by atoms with van der Waals surface area (Å²) in [6, 6.07) is 7.74. The van der Waals surface area contributed by atoms with Crippen molar-refractivity contribution in [2.75, 3.05) is 0 Å². The van der Waals surface area contributed by atoms with E-state index in [0.717, 1.165) is 34.8 Å². The average Bonchev–Trinajstić information content (AvgIpc) is 2.72. The van der Waals surface area contributed by atoms with Gasteiger partial charge in [0.15, 0.2) is 0 Å². The molecule has 1 aromatic heterocycles. The van der Waals surface area contributed by atoms with Gasteiger partial charge in [0.1, 0.15) is 0 Å². The Morgan fingerprint density at radius 3 is 2.94 bits per heavy atom. The van der Waals surface area contributed by atoms with Crippen molar-refractivity contribution in [1.82, 2.24) is 9.78 Å². The maximum Gasteiger partial charge on any atom is 0.0613 e. The van der Waals surface area contributed by atoms with Gasteiger partial charge in [-0.3, -0.25) is 4.68 Å². The summed E-state index contributed by atoms with van der Waals surface area (Å²) >= 11 is 6.20. The molecule has 1 aromatic carbocycles. The van der Waals surface area contributed by atoms with E-state index in [-0.39, 0.29) is 6.10 Å². The Bertz CT molecular complexity index is 550. The number of aliphatic hydroxyl groups excluding tert-OH is 1. The number of rotatable bonds is 1. The molecule has 0 spiro atoms. The van der Waals surface area contributed by atoms with Crippen LogP contribution in [0.15, 0.2) is 30.5 Å². The van der Waals surface area contributed by atoms with Crippen molar-refractivity contribution in [2.45, 2.75) is 25.5 Å². The molecule has 0 amide bonds. The molecule has 1 N–H and O–H groups in total. The van der Waals surface area contributed by atoms with Crippen LogP contribution in [0.3, 0.4) is 0 Å². The predicted molar refractivity (Wildman–Crippen MR) is 67.0 cm³/mol. The largest absolute Gasteiger partial charge is 0.393 e. The van der Waals surface area contributed by atoms with Crippen molar-refractivity contribution in [3.8, 4) is 11.1 Å². The molecule has 0 aliphatic carbocycles. The molecule has 1 aliphatic rings. The molecular weight excluding hydrogens is 236 g/mol. The van der Waals surface area contributed by atoms with Crippen LogP contribution in [0.1, 0.15) is 12.1 Å². The number of hydrogen-bond donors (Lipinski definition) is 1. The van der Waals surface area contributed by atoms with Crippen LogP contribution in [-0.2, 0) is 13.0 Å². The molecule has 3 nitrogen and oxygen atoms in total. The third-order valence-electron chi connectivity index (χ3n) is 3.22. The van der Waals surface area contributed by atoms with E-state index in [1.54, 1.807) is 0 Å². The summed E-state index contributed by atoms with van der Waals surface area (Å²) in [7, 11) is 0. The van der Waals surface area contributed by atoms with Gasteiger partial charge in [0.25, 0.3) is 0 Å². The Morgan fingerprint density at radius 1 is 1.29 bits per heavy atom. The zero-order valence-electron chi connectivity index (χ0n) is 9.31. The lowest BCUT2D eigenvalue weighted by Crippen LogP contribution is -2.23. The van der Waals surface area contributed by atoms with Crippen LogP contribution in [-0.4, -0.2) is 21.0 Å². The molecule has 0 saturated carbocycles. The molecular formula is C13H13ClN2O. The number of hydrogen-bond acceptors (Lipinski definition) is 2. The van der Waals surface area contributed by atoms with Crippen molar-refractivity contribution in [3.05, 3.63) is 41.2 Å². The molecule has 3 rings (SSSR count). The van der Waals surface area contributed by atoms with Crippen molar-refractivity contribution < 1.29 is 5.11 Å². The summed E-state index contributed by atoms with van der Waals surface area (Å²) in [6.07, 6.45) is 3.01. The van der Waals surface area contributed by atoms with Gasteiger partial charge < -0.3 is 5.11 Å². The van der Waals surface area contributed by atoms with Gasteiger partial charge in [-0.15, -0.1) is 0 Å². The average molecular weight is 249 g/mol. The Hall–Kier alpha value is -1.32. The molecule has 0 fully saturated rings. The standard InChI is InChI=1S/C13H13ClN2O/c14-12-4-2-1-3-10(12)11-8-15-16-6-5-9(17)7-13(11)16/h1-4,8-9,17H,5-7H2. The van der Waals surface area contributed by atoms with Crippen LogP contribution in [0.5, 0.6) is 0 Å². The number of aromatic nitrogens is 2. The molecule has 0 radical (unpaired) electrons. The summed E-state index contributed by atoms with van der Waals surface area (Å²) in [6.45, 7) is 0.779. The summed E-state index contributed by atoms with van der Waals surface area (Å²) in [5.74, 6) is 0. The van der Waals surface area contributed by atoms with Gasteiger partial charge in [-0.2, -0.15) is 5.10 Å². The first-order valence-electron chi connectivity index (χ1n) is 5.73. The quantitative estimate of drug-likeness (QED) is 0.842. The minimum atomic E-state index is -0.263. The fraction of sp³-hybridized carbons (Fsp3) is 0.308.